The minimum Gasteiger partial charge on any atom is -0.307 e. The fraction of sp³-hybridized carbons (Fsp3) is 0.444. The molecule has 2 rings (SSSR count). The summed E-state index contributed by atoms with van der Waals surface area (Å²) < 4.78 is 28.1. The number of aromatic nitrogens is 2. The zero-order valence-corrected chi connectivity index (χ0v) is 14.9. The molecule has 0 saturated heterocycles. The lowest BCUT2D eigenvalue weighted by Gasteiger charge is -2.23. The van der Waals surface area contributed by atoms with Gasteiger partial charge in [0.05, 0.1) is 11.2 Å². The summed E-state index contributed by atoms with van der Waals surface area (Å²) in [5.41, 5.74) is 0.351. The number of benzene rings is 1. The highest BCUT2D eigenvalue weighted by molar-refractivity contribution is 6.03. The summed E-state index contributed by atoms with van der Waals surface area (Å²) >= 11 is 0. The first-order valence-corrected chi connectivity index (χ1v) is 7.77. The SMILES string of the molecule is CC(C)(C)c1cc(NC(=O)c2ccc(F)c(F)c2)n(C(C)(C)C)n1. The van der Waals surface area contributed by atoms with Crippen molar-refractivity contribution in [3.05, 3.63) is 47.2 Å². The number of carbonyl (C=O) groups is 1. The molecule has 0 radical (unpaired) electrons. The van der Waals surface area contributed by atoms with Crippen LogP contribution >= 0.6 is 0 Å². The monoisotopic (exact) mass is 335 g/mol. The van der Waals surface area contributed by atoms with E-state index in [-0.39, 0.29) is 16.5 Å². The van der Waals surface area contributed by atoms with Crippen molar-refractivity contribution in [1.82, 2.24) is 9.78 Å². The third-order valence-corrected chi connectivity index (χ3v) is 3.54. The lowest BCUT2D eigenvalue weighted by Crippen LogP contribution is -2.27. The van der Waals surface area contributed by atoms with Crippen molar-refractivity contribution >= 4 is 11.7 Å². The number of carbonyl (C=O) groups excluding carboxylic acids is 1. The van der Waals surface area contributed by atoms with Gasteiger partial charge in [-0.25, -0.2) is 13.5 Å². The van der Waals surface area contributed by atoms with E-state index in [9.17, 15) is 13.6 Å². The van der Waals surface area contributed by atoms with Crippen LogP contribution in [0.3, 0.4) is 0 Å². The molecule has 4 nitrogen and oxygen atoms in total. The molecule has 6 heteroatoms. The second-order valence-electron chi connectivity index (χ2n) is 7.83. The van der Waals surface area contributed by atoms with Gasteiger partial charge in [-0.2, -0.15) is 5.10 Å². The van der Waals surface area contributed by atoms with Crippen molar-refractivity contribution in [1.29, 1.82) is 0 Å². The van der Waals surface area contributed by atoms with Crippen LogP contribution in [0.5, 0.6) is 0 Å². The van der Waals surface area contributed by atoms with Crippen molar-refractivity contribution in [2.75, 3.05) is 5.32 Å². The van der Waals surface area contributed by atoms with E-state index in [0.717, 1.165) is 17.8 Å². The molecule has 1 N–H and O–H groups in total. The van der Waals surface area contributed by atoms with E-state index in [1.807, 2.05) is 47.6 Å². The highest BCUT2D eigenvalue weighted by Crippen LogP contribution is 2.28. The number of nitrogens with zero attached hydrogens (tertiary/aromatic N) is 2. The number of nitrogens with one attached hydrogen (secondary N) is 1. The molecule has 1 aromatic heterocycles. The molecule has 24 heavy (non-hydrogen) atoms. The van der Waals surface area contributed by atoms with Gasteiger partial charge in [0.15, 0.2) is 11.6 Å². The Bertz CT molecular complexity index is 768. The van der Waals surface area contributed by atoms with Gasteiger partial charge in [0.1, 0.15) is 5.82 Å². The number of hydrogen-bond acceptors (Lipinski definition) is 2. The van der Waals surface area contributed by atoms with E-state index in [2.05, 4.69) is 10.4 Å². The van der Waals surface area contributed by atoms with E-state index >= 15 is 0 Å². The number of halogens is 2. The molecule has 0 aliphatic carbocycles. The largest absolute Gasteiger partial charge is 0.307 e. The Hall–Kier alpha value is -2.24. The van der Waals surface area contributed by atoms with Gasteiger partial charge in [-0.3, -0.25) is 4.79 Å². The summed E-state index contributed by atoms with van der Waals surface area (Å²) in [6, 6.07) is 4.87. The smallest absolute Gasteiger partial charge is 0.256 e. The predicted molar refractivity (Wildman–Crippen MR) is 90.2 cm³/mol. The molecule has 2 aromatic rings. The molecule has 130 valence electrons. The van der Waals surface area contributed by atoms with Gasteiger partial charge in [-0.1, -0.05) is 20.8 Å². The summed E-state index contributed by atoms with van der Waals surface area (Å²) in [4.78, 5) is 12.4. The van der Waals surface area contributed by atoms with Crippen molar-refractivity contribution < 1.29 is 13.6 Å². The third kappa shape index (κ3) is 3.80. The molecular weight excluding hydrogens is 312 g/mol. The van der Waals surface area contributed by atoms with Crippen molar-refractivity contribution in [3.63, 3.8) is 0 Å². The van der Waals surface area contributed by atoms with Crippen LogP contribution in [-0.4, -0.2) is 15.7 Å². The Morgan fingerprint density at radius 2 is 1.67 bits per heavy atom. The summed E-state index contributed by atoms with van der Waals surface area (Å²) in [7, 11) is 0. The van der Waals surface area contributed by atoms with Crippen molar-refractivity contribution in [3.8, 4) is 0 Å². The molecule has 0 aliphatic heterocycles. The van der Waals surface area contributed by atoms with E-state index < -0.39 is 17.5 Å². The van der Waals surface area contributed by atoms with Crippen LogP contribution in [0.25, 0.3) is 0 Å². The van der Waals surface area contributed by atoms with Crippen LogP contribution in [-0.2, 0) is 11.0 Å². The van der Waals surface area contributed by atoms with Gasteiger partial charge in [0, 0.05) is 17.0 Å². The lowest BCUT2D eigenvalue weighted by atomic mass is 9.92. The molecule has 0 aliphatic rings. The third-order valence-electron chi connectivity index (χ3n) is 3.54. The molecule has 0 bridgehead atoms. The molecule has 0 unspecified atom stereocenters. The lowest BCUT2D eigenvalue weighted by molar-refractivity contribution is 0.102. The number of hydrogen-bond donors (Lipinski definition) is 1. The summed E-state index contributed by atoms with van der Waals surface area (Å²) in [5, 5.41) is 7.34. The highest BCUT2D eigenvalue weighted by Gasteiger charge is 2.26. The van der Waals surface area contributed by atoms with Gasteiger partial charge < -0.3 is 5.32 Å². The van der Waals surface area contributed by atoms with Gasteiger partial charge in [0.25, 0.3) is 5.91 Å². The normalized spacial score (nSPS) is 12.3. The Balaban J connectivity index is 2.39. The Morgan fingerprint density at radius 1 is 1.04 bits per heavy atom. The number of rotatable bonds is 2. The van der Waals surface area contributed by atoms with Crippen molar-refractivity contribution in [2.24, 2.45) is 0 Å². The van der Waals surface area contributed by atoms with Crippen LogP contribution < -0.4 is 5.32 Å². The van der Waals surface area contributed by atoms with E-state index in [4.69, 9.17) is 0 Å². The second kappa shape index (κ2) is 6.00. The number of amides is 1. The highest BCUT2D eigenvalue weighted by atomic mass is 19.2. The van der Waals surface area contributed by atoms with Crippen LogP contribution in [0.2, 0.25) is 0 Å². The molecular formula is C18H23F2N3O. The fourth-order valence-electron chi connectivity index (χ4n) is 2.17. The molecule has 1 aromatic carbocycles. The average molecular weight is 335 g/mol. The molecule has 0 atom stereocenters. The van der Waals surface area contributed by atoms with Gasteiger partial charge >= 0.3 is 0 Å². The van der Waals surface area contributed by atoms with Crippen LogP contribution in [0, 0.1) is 11.6 Å². The number of anilines is 1. The maximum Gasteiger partial charge on any atom is 0.256 e. The van der Waals surface area contributed by atoms with Crippen molar-refractivity contribution in [2.45, 2.75) is 52.5 Å². The molecule has 1 amide bonds. The standard InChI is InChI=1S/C18H23F2N3O/c1-17(2,3)14-10-15(23(22-14)18(4,5)6)21-16(24)11-7-8-12(19)13(20)9-11/h7-10H,1-6H3,(H,21,24). The molecule has 1 heterocycles. The van der Waals surface area contributed by atoms with E-state index in [1.54, 1.807) is 4.68 Å². The topological polar surface area (TPSA) is 46.9 Å². The summed E-state index contributed by atoms with van der Waals surface area (Å²) in [6.07, 6.45) is 0. The molecule has 0 spiro atoms. The van der Waals surface area contributed by atoms with Crippen LogP contribution in [0.1, 0.15) is 57.6 Å². The average Bonchev–Trinajstić information content (AvgIpc) is 2.85. The first-order valence-electron chi connectivity index (χ1n) is 7.77. The maximum atomic E-state index is 13.3. The van der Waals surface area contributed by atoms with E-state index in [1.165, 1.54) is 6.07 Å². The minimum atomic E-state index is -1.05. The van der Waals surface area contributed by atoms with Crippen LogP contribution in [0.4, 0.5) is 14.6 Å². The van der Waals surface area contributed by atoms with E-state index in [0.29, 0.717) is 5.82 Å². The molecule has 0 saturated carbocycles. The second-order valence-corrected chi connectivity index (χ2v) is 7.83. The van der Waals surface area contributed by atoms with Gasteiger partial charge in [-0.05, 0) is 39.0 Å². The Morgan fingerprint density at radius 3 is 2.17 bits per heavy atom. The van der Waals surface area contributed by atoms with Gasteiger partial charge in [0.2, 0.25) is 0 Å². The fourth-order valence-corrected chi connectivity index (χ4v) is 2.17. The zero-order valence-electron chi connectivity index (χ0n) is 14.9. The first-order chi connectivity index (χ1) is 10.9. The first kappa shape index (κ1) is 18.1. The van der Waals surface area contributed by atoms with Gasteiger partial charge in [-0.15, -0.1) is 0 Å². The zero-order chi connectivity index (χ0) is 18.3. The van der Waals surface area contributed by atoms with Crippen LogP contribution in [0.15, 0.2) is 24.3 Å². The minimum absolute atomic E-state index is 0.0490. The Labute approximate surface area is 140 Å². The Kier molecular flexibility index (Phi) is 4.52. The quantitative estimate of drug-likeness (QED) is 0.880. The molecule has 0 fully saturated rings. The predicted octanol–water partition coefficient (Wildman–Crippen LogP) is 4.47. The summed E-state index contributed by atoms with van der Waals surface area (Å²) in [6.45, 7) is 12.0. The maximum absolute atomic E-state index is 13.3. The summed E-state index contributed by atoms with van der Waals surface area (Å²) in [5.74, 6) is -2.04.